The fourth-order valence-electron chi connectivity index (χ4n) is 2.10. The minimum atomic E-state index is -4.44. The van der Waals surface area contributed by atoms with E-state index in [0.717, 1.165) is 23.9 Å². The summed E-state index contributed by atoms with van der Waals surface area (Å²) in [5.41, 5.74) is -0.786. The third-order valence-corrected chi connectivity index (χ3v) is 6.53. The summed E-state index contributed by atoms with van der Waals surface area (Å²) >= 11 is 6.81. The average molecular weight is 388 g/mol. The van der Waals surface area contributed by atoms with Crippen molar-refractivity contribution in [3.05, 3.63) is 29.8 Å². The number of hydrogen-bond donors (Lipinski definition) is 1. The summed E-state index contributed by atoms with van der Waals surface area (Å²) in [6.07, 6.45) is -4.44. The maximum Gasteiger partial charge on any atom is 0.416 e. The zero-order valence-electron chi connectivity index (χ0n) is 11.6. The van der Waals surface area contributed by atoms with Crippen LogP contribution in [0.15, 0.2) is 29.2 Å². The number of carbonyl (C=O) groups excluding carboxylic acids is 1. The maximum atomic E-state index is 12.6. The molecule has 0 saturated carbocycles. The first-order chi connectivity index (χ1) is 10.6. The molecule has 0 bridgehead atoms. The van der Waals surface area contributed by atoms with Gasteiger partial charge in [0.15, 0.2) is 9.84 Å². The van der Waals surface area contributed by atoms with Crippen LogP contribution < -0.4 is 5.32 Å². The molecule has 0 aliphatic carbocycles. The average Bonchev–Trinajstić information content (AvgIpc) is 2.68. The van der Waals surface area contributed by atoms with Crippen molar-refractivity contribution >= 4 is 39.1 Å². The SMILES string of the molecule is O=C(CSc1cccc(C(F)(F)F)c1)N[C@@H]1CS(=O)(=O)C[C@H]1Cl. The van der Waals surface area contributed by atoms with E-state index in [0.29, 0.717) is 4.90 Å². The van der Waals surface area contributed by atoms with E-state index in [1.807, 2.05) is 0 Å². The van der Waals surface area contributed by atoms with Crippen LogP contribution in [-0.4, -0.2) is 43.0 Å². The van der Waals surface area contributed by atoms with Crippen LogP contribution in [0.1, 0.15) is 5.56 Å². The van der Waals surface area contributed by atoms with Crippen LogP contribution in [0, 0.1) is 0 Å². The van der Waals surface area contributed by atoms with E-state index in [1.54, 1.807) is 0 Å². The fraction of sp³-hybridized carbons (Fsp3) is 0.462. The van der Waals surface area contributed by atoms with Crippen LogP contribution in [0.25, 0.3) is 0 Å². The molecular formula is C13H13ClF3NO3S2. The molecule has 1 saturated heterocycles. The first-order valence-electron chi connectivity index (χ1n) is 6.51. The quantitative estimate of drug-likeness (QED) is 0.636. The van der Waals surface area contributed by atoms with Crippen LogP contribution in [0.2, 0.25) is 0 Å². The van der Waals surface area contributed by atoms with Gasteiger partial charge in [0.25, 0.3) is 0 Å². The van der Waals surface area contributed by atoms with E-state index < -0.39 is 38.9 Å². The van der Waals surface area contributed by atoms with Gasteiger partial charge in [-0.2, -0.15) is 13.2 Å². The van der Waals surface area contributed by atoms with Crippen molar-refractivity contribution in [2.75, 3.05) is 17.3 Å². The first-order valence-corrected chi connectivity index (χ1v) is 9.75. The van der Waals surface area contributed by atoms with Crippen LogP contribution in [-0.2, 0) is 20.8 Å². The minimum absolute atomic E-state index is 0.124. The number of alkyl halides is 4. The second-order valence-corrected chi connectivity index (χ2v) is 8.84. The third kappa shape index (κ3) is 5.29. The second-order valence-electron chi connectivity index (χ2n) is 5.08. The summed E-state index contributed by atoms with van der Waals surface area (Å²) in [6, 6.07) is 3.98. The lowest BCUT2D eigenvalue weighted by Crippen LogP contribution is -2.41. The van der Waals surface area contributed by atoms with Crippen molar-refractivity contribution in [3.63, 3.8) is 0 Å². The van der Waals surface area contributed by atoms with E-state index in [1.165, 1.54) is 12.1 Å². The van der Waals surface area contributed by atoms with Gasteiger partial charge in [-0.1, -0.05) is 6.07 Å². The number of amides is 1. The third-order valence-electron chi connectivity index (χ3n) is 3.16. The van der Waals surface area contributed by atoms with Crippen LogP contribution in [0.3, 0.4) is 0 Å². The van der Waals surface area contributed by atoms with Gasteiger partial charge in [0, 0.05) is 4.90 Å². The monoisotopic (exact) mass is 387 g/mol. The van der Waals surface area contributed by atoms with E-state index in [9.17, 15) is 26.4 Å². The Hall–Kier alpha value is -0.930. The van der Waals surface area contributed by atoms with Gasteiger partial charge >= 0.3 is 6.18 Å². The van der Waals surface area contributed by atoms with Gasteiger partial charge in [0.05, 0.1) is 34.2 Å². The summed E-state index contributed by atoms with van der Waals surface area (Å²) < 4.78 is 60.6. The number of sulfone groups is 1. The summed E-state index contributed by atoms with van der Waals surface area (Å²) in [5.74, 6) is -1.01. The lowest BCUT2D eigenvalue weighted by atomic mass is 10.2. The van der Waals surface area contributed by atoms with E-state index in [-0.39, 0.29) is 17.3 Å². The van der Waals surface area contributed by atoms with Gasteiger partial charge in [-0.3, -0.25) is 4.79 Å². The van der Waals surface area contributed by atoms with Crippen molar-refractivity contribution in [2.24, 2.45) is 0 Å². The number of benzene rings is 1. The molecule has 1 aromatic carbocycles. The molecule has 0 aromatic heterocycles. The summed E-state index contributed by atoms with van der Waals surface area (Å²) in [6.45, 7) is 0. The fourth-order valence-corrected chi connectivity index (χ4v) is 5.41. The molecule has 0 radical (unpaired) electrons. The van der Waals surface area contributed by atoms with Crippen molar-refractivity contribution in [1.82, 2.24) is 5.32 Å². The topological polar surface area (TPSA) is 63.2 Å². The van der Waals surface area contributed by atoms with Gasteiger partial charge in [-0.05, 0) is 18.2 Å². The molecule has 1 heterocycles. The Bertz CT molecular complexity index is 694. The Labute approximate surface area is 140 Å². The van der Waals surface area contributed by atoms with Gasteiger partial charge in [-0.15, -0.1) is 23.4 Å². The normalized spacial score (nSPS) is 23.7. The number of carbonyl (C=O) groups is 1. The lowest BCUT2D eigenvalue weighted by molar-refractivity contribution is -0.137. The summed E-state index contributed by atoms with van der Waals surface area (Å²) in [4.78, 5) is 12.1. The molecule has 1 aliphatic rings. The van der Waals surface area contributed by atoms with Gasteiger partial charge < -0.3 is 5.32 Å². The van der Waals surface area contributed by atoms with Gasteiger partial charge in [0.1, 0.15) is 0 Å². The molecule has 1 N–H and O–H groups in total. The highest BCUT2D eigenvalue weighted by molar-refractivity contribution is 8.00. The lowest BCUT2D eigenvalue weighted by Gasteiger charge is -2.14. The maximum absolute atomic E-state index is 12.6. The molecule has 1 amide bonds. The molecule has 23 heavy (non-hydrogen) atoms. The Kier molecular flexibility index (Phi) is 5.52. The van der Waals surface area contributed by atoms with Crippen molar-refractivity contribution in [1.29, 1.82) is 0 Å². The van der Waals surface area contributed by atoms with E-state index in [4.69, 9.17) is 11.6 Å². The van der Waals surface area contributed by atoms with E-state index >= 15 is 0 Å². The van der Waals surface area contributed by atoms with E-state index in [2.05, 4.69) is 5.32 Å². The van der Waals surface area contributed by atoms with Crippen LogP contribution >= 0.6 is 23.4 Å². The molecule has 128 valence electrons. The Morgan fingerprint density at radius 2 is 2.04 bits per heavy atom. The molecule has 4 nitrogen and oxygen atoms in total. The zero-order valence-corrected chi connectivity index (χ0v) is 14.0. The second kappa shape index (κ2) is 6.90. The number of thioether (sulfide) groups is 1. The Balaban J connectivity index is 1.90. The van der Waals surface area contributed by atoms with Gasteiger partial charge in [0.2, 0.25) is 5.91 Å². The molecular weight excluding hydrogens is 375 g/mol. The molecule has 1 aliphatic heterocycles. The smallest absolute Gasteiger partial charge is 0.350 e. The number of rotatable bonds is 4. The number of hydrogen-bond acceptors (Lipinski definition) is 4. The molecule has 1 fully saturated rings. The molecule has 2 rings (SSSR count). The highest BCUT2D eigenvalue weighted by Gasteiger charge is 2.37. The van der Waals surface area contributed by atoms with Crippen molar-refractivity contribution < 1.29 is 26.4 Å². The number of nitrogens with one attached hydrogen (secondary N) is 1. The van der Waals surface area contributed by atoms with Crippen LogP contribution in [0.5, 0.6) is 0 Å². The van der Waals surface area contributed by atoms with Crippen molar-refractivity contribution in [2.45, 2.75) is 22.5 Å². The zero-order chi connectivity index (χ0) is 17.3. The molecule has 0 unspecified atom stereocenters. The standard InChI is InChI=1S/C13H13ClF3NO3S2/c14-10-6-23(20,21)7-11(10)18-12(19)5-22-9-3-1-2-8(4-9)13(15,16)17/h1-4,10-11H,5-7H2,(H,18,19)/t10-,11-/m1/s1. The Morgan fingerprint density at radius 1 is 1.35 bits per heavy atom. The van der Waals surface area contributed by atoms with Crippen LogP contribution in [0.4, 0.5) is 13.2 Å². The highest BCUT2D eigenvalue weighted by Crippen LogP contribution is 2.31. The molecule has 10 heteroatoms. The largest absolute Gasteiger partial charge is 0.416 e. The predicted molar refractivity (Wildman–Crippen MR) is 82.4 cm³/mol. The molecule has 1 aromatic rings. The first kappa shape index (κ1) is 18.4. The van der Waals surface area contributed by atoms with Gasteiger partial charge in [-0.25, -0.2) is 8.42 Å². The minimum Gasteiger partial charge on any atom is -0.350 e. The summed E-state index contributed by atoms with van der Waals surface area (Å²) in [5, 5.41) is 1.81. The predicted octanol–water partition coefficient (Wildman–Crippen LogP) is 2.32. The number of halogens is 4. The molecule has 0 spiro atoms. The molecule has 2 atom stereocenters. The highest BCUT2D eigenvalue weighted by atomic mass is 35.5. The Morgan fingerprint density at radius 3 is 2.61 bits per heavy atom. The summed E-state index contributed by atoms with van der Waals surface area (Å²) in [7, 11) is -3.26. The van der Waals surface area contributed by atoms with Crippen molar-refractivity contribution in [3.8, 4) is 0 Å².